The Morgan fingerprint density at radius 2 is 1.91 bits per heavy atom. The van der Waals surface area contributed by atoms with Crippen LogP contribution in [-0.4, -0.2) is 29.5 Å². The standard InChI is InChI=1S/C16H9ClFNO3/c17-10-6-9(8-4-2-1-3-5-8)12-14(18)13(10)15(12)19-11(20)7-22-16(19)21/h1-6,15H,7H2. The first-order valence-electron chi connectivity index (χ1n) is 6.65. The van der Waals surface area contributed by atoms with Crippen LogP contribution in [0.3, 0.4) is 0 Å². The molecule has 1 fully saturated rings. The van der Waals surface area contributed by atoms with Gasteiger partial charge < -0.3 is 4.74 Å². The Balaban J connectivity index is 1.83. The highest BCUT2D eigenvalue weighted by molar-refractivity contribution is 6.33. The maximum atomic E-state index is 14.4. The number of amides is 2. The molecule has 22 heavy (non-hydrogen) atoms. The van der Waals surface area contributed by atoms with Crippen LogP contribution in [0.5, 0.6) is 0 Å². The lowest BCUT2D eigenvalue weighted by atomic mass is 9.73. The highest BCUT2D eigenvalue weighted by Crippen LogP contribution is 2.52. The number of hydrogen-bond acceptors (Lipinski definition) is 3. The molecule has 1 aromatic carbocycles. The average Bonchev–Trinajstić information content (AvgIpc) is 2.84. The Morgan fingerprint density at radius 3 is 2.50 bits per heavy atom. The number of allylic oxidation sites excluding steroid dienone is 2. The second-order valence-electron chi connectivity index (χ2n) is 5.13. The van der Waals surface area contributed by atoms with E-state index < -0.39 is 23.9 Å². The molecule has 0 spiro atoms. The van der Waals surface area contributed by atoms with Gasteiger partial charge in [-0.1, -0.05) is 41.9 Å². The topological polar surface area (TPSA) is 46.6 Å². The van der Waals surface area contributed by atoms with Crippen molar-refractivity contribution < 1.29 is 18.7 Å². The molecule has 0 aromatic heterocycles. The average molecular weight is 318 g/mol. The van der Waals surface area contributed by atoms with E-state index in [1.807, 2.05) is 30.3 Å². The molecule has 1 saturated heterocycles. The van der Waals surface area contributed by atoms with E-state index in [4.69, 9.17) is 16.3 Å². The number of cyclic esters (lactones) is 1. The molecule has 110 valence electrons. The smallest absolute Gasteiger partial charge is 0.418 e. The van der Waals surface area contributed by atoms with Gasteiger partial charge >= 0.3 is 6.09 Å². The molecule has 1 unspecified atom stereocenters. The van der Waals surface area contributed by atoms with E-state index in [1.54, 1.807) is 6.08 Å². The van der Waals surface area contributed by atoms with Crippen molar-refractivity contribution in [2.75, 3.05) is 6.61 Å². The Labute approximate surface area is 130 Å². The SMILES string of the molecule is O=C1COC(=O)N1C1c2c(Cl)cc(-c3ccccc3)c1c2F. The van der Waals surface area contributed by atoms with Crippen LogP contribution in [0.2, 0.25) is 0 Å². The van der Waals surface area contributed by atoms with Gasteiger partial charge in [-0.3, -0.25) is 4.79 Å². The largest absolute Gasteiger partial charge is 0.439 e. The molecule has 3 aliphatic rings. The summed E-state index contributed by atoms with van der Waals surface area (Å²) in [4.78, 5) is 24.6. The van der Waals surface area contributed by atoms with Crippen LogP contribution >= 0.6 is 11.6 Å². The van der Waals surface area contributed by atoms with Gasteiger partial charge in [-0.15, -0.1) is 0 Å². The van der Waals surface area contributed by atoms with Crippen LogP contribution in [0.1, 0.15) is 5.56 Å². The fourth-order valence-electron chi connectivity index (χ4n) is 2.96. The summed E-state index contributed by atoms with van der Waals surface area (Å²) in [6.45, 7) is -0.320. The summed E-state index contributed by atoms with van der Waals surface area (Å²) in [5, 5.41) is 0.198. The highest BCUT2D eigenvalue weighted by Gasteiger charge is 2.52. The van der Waals surface area contributed by atoms with Crippen LogP contribution in [0, 0.1) is 0 Å². The van der Waals surface area contributed by atoms with Crippen molar-refractivity contribution in [3.63, 3.8) is 0 Å². The van der Waals surface area contributed by atoms with Gasteiger partial charge in [0.25, 0.3) is 5.91 Å². The molecule has 1 atom stereocenters. The maximum Gasteiger partial charge on any atom is 0.418 e. The second-order valence-corrected chi connectivity index (χ2v) is 5.54. The van der Waals surface area contributed by atoms with Crippen LogP contribution < -0.4 is 0 Å². The predicted octanol–water partition coefficient (Wildman–Crippen LogP) is 3.16. The number of hydrogen-bond donors (Lipinski definition) is 0. The van der Waals surface area contributed by atoms with Crippen molar-refractivity contribution in [2.45, 2.75) is 6.04 Å². The zero-order chi connectivity index (χ0) is 15.4. The minimum absolute atomic E-state index is 0.170. The van der Waals surface area contributed by atoms with Gasteiger partial charge in [0, 0.05) is 16.2 Å². The summed E-state index contributed by atoms with van der Waals surface area (Å²) in [5.41, 5.74) is 1.83. The summed E-state index contributed by atoms with van der Waals surface area (Å²) in [7, 11) is 0. The number of imide groups is 1. The molecule has 0 radical (unpaired) electrons. The molecule has 1 aromatic rings. The highest BCUT2D eigenvalue weighted by atomic mass is 35.5. The van der Waals surface area contributed by atoms with Crippen molar-refractivity contribution in [3.8, 4) is 0 Å². The van der Waals surface area contributed by atoms with Crippen LogP contribution in [0.15, 0.2) is 58.4 Å². The Morgan fingerprint density at radius 1 is 1.18 bits per heavy atom. The molecule has 2 bridgehead atoms. The summed E-state index contributed by atoms with van der Waals surface area (Å²) < 4.78 is 19.1. The van der Waals surface area contributed by atoms with Crippen molar-refractivity contribution in [3.05, 3.63) is 64.0 Å². The first-order valence-corrected chi connectivity index (χ1v) is 7.03. The fraction of sp³-hybridized carbons (Fsp3) is 0.125. The maximum absolute atomic E-state index is 14.4. The summed E-state index contributed by atoms with van der Waals surface area (Å²) in [6, 6.07) is 8.34. The molecule has 2 amide bonds. The molecule has 2 aliphatic carbocycles. The van der Waals surface area contributed by atoms with Crippen molar-refractivity contribution in [2.24, 2.45) is 0 Å². The van der Waals surface area contributed by atoms with E-state index >= 15 is 0 Å². The molecule has 6 heteroatoms. The van der Waals surface area contributed by atoms with Crippen molar-refractivity contribution >= 4 is 29.2 Å². The van der Waals surface area contributed by atoms with Crippen LogP contribution in [0.25, 0.3) is 5.57 Å². The van der Waals surface area contributed by atoms with Crippen molar-refractivity contribution in [1.82, 2.24) is 4.90 Å². The Hall–Kier alpha value is -2.40. The van der Waals surface area contributed by atoms with E-state index in [0.29, 0.717) is 11.1 Å². The minimum atomic E-state index is -0.796. The molecule has 0 saturated carbocycles. The van der Waals surface area contributed by atoms with Gasteiger partial charge in [-0.05, 0) is 17.2 Å². The zero-order valence-corrected chi connectivity index (χ0v) is 11.9. The number of carbonyl (C=O) groups excluding carboxylic acids is 2. The number of benzene rings is 1. The molecule has 4 nitrogen and oxygen atoms in total. The lowest BCUT2D eigenvalue weighted by Crippen LogP contribution is -2.48. The van der Waals surface area contributed by atoms with Gasteiger partial charge in [-0.25, -0.2) is 14.1 Å². The van der Waals surface area contributed by atoms with Crippen LogP contribution in [0.4, 0.5) is 9.18 Å². The first kappa shape index (κ1) is 13.3. The lowest BCUT2D eigenvalue weighted by Gasteiger charge is -2.40. The van der Waals surface area contributed by atoms with E-state index in [-0.39, 0.29) is 17.2 Å². The third-order valence-electron chi connectivity index (χ3n) is 3.97. The monoisotopic (exact) mass is 317 g/mol. The van der Waals surface area contributed by atoms with Gasteiger partial charge in [0.05, 0.1) is 0 Å². The number of fused-ring (bicyclic) bond motifs is 2. The Bertz CT molecular complexity index is 788. The van der Waals surface area contributed by atoms with E-state index in [0.717, 1.165) is 10.5 Å². The summed E-state index contributed by atoms with van der Waals surface area (Å²) in [5.74, 6) is -0.958. The number of ether oxygens (including phenoxy) is 1. The number of rotatable bonds is 2. The molecular weight excluding hydrogens is 309 g/mol. The molecule has 1 aliphatic heterocycles. The molecule has 4 rings (SSSR count). The molecule has 0 N–H and O–H groups in total. The van der Waals surface area contributed by atoms with Gasteiger partial charge in [-0.2, -0.15) is 0 Å². The summed E-state index contributed by atoms with van der Waals surface area (Å²) >= 11 is 6.15. The summed E-state index contributed by atoms with van der Waals surface area (Å²) in [6.07, 6.45) is 0.892. The van der Waals surface area contributed by atoms with Gasteiger partial charge in [0.2, 0.25) is 0 Å². The fourth-order valence-corrected chi connectivity index (χ4v) is 3.26. The van der Waals surface area contributed by atoms with Gasteiger partial charge in [0.1, 0.15) is 11.9 Å². The van der Waals surface area contributed by atoms with Crippen molar-refractivity contribution in [1.29, 1.82) is 0 Å². The zero-order valence-electron chi connectivity index (χ0n) is 11.2. The third-order valence-corrected chi connectivity index (χ3v) is 4.28. The second kappa shape index (κ2) is 4.55. The van der Waals surface area contributed by atoms with Crippen LogP contribution in [-0.2, 0) is 9.53 Å². The number of carbonyl (C=O) groups is 2. The first-order chi connectivity index (χ1) is 10.6. The molecule has 1 heterocycles. The van der Waals surface area contributed by atoms with E-state index in [1.165, 1.54) is 0 Å². The van der Waals surface area contributed by atoms with E-state index in [9.17, 15) is 14.0 Å². The normalized spacial score (nSPS) is 23.6. The Kier molecular flexibility index (Phi) is 2.74. The van der Waals surface area contributed by atoms with Gasteiger partial charge in [0.15, 0.2) is 6.61 Å². The number of nitrogens with zero attached hydrogens (tertiary/aromatic N) is 1. The predicted molar refractivity (Wildman–Crippen MR) is 77.4 cm³/mol. The van der Waals surface area contributed by atoms with E-state index in [2.05, 4.69) is 0 Å². The lowest BCUT2D eigenvalue weighted by molar-refractivity contribution is -0.126. The minimum Gasteiger partial charge on any atom is -0.439 e. The quantitative estimate of drug-likeness (QED) is 0.841. The number of halogens is 2. The molecular formula is C16H9ClFNO3. The third kappa shape index (κ3) is 1.63.